The van der Waals surface area contributed by atoms with Crippen molar-refractivity contribution in [2.75, 3.05) is 26.2 Å². The van der Waals surface area contributed by atoms with Crippen LogP contribution >= 0.6 is 0 Å². The summed E-state index contributed by atoms with van der Waals surface area (Å²) in [5.41, 5.74) is 3.42. The number of amides is 1. The molecule has 0 atom stereocenters. The fraction of sp³-hybridized carbons (Fsp3) is 0.304. The molecule has 1 amide bonds. The van der Waals surface area contributed by atoms with E-state index in [4.69, 9.17) is 0 Å². The van der Waals surface area contributed by atoms with Gasteiger partial charge in [-0.05, 0) is 23.3 Å². The molecule has 0 aromatic heterocycles. The molecule has 7 heteroatoms. The van der Waals surface area contributed by atoms with Gasteiger partial charge in [0.25, 0.3) is 5.91 Å². The summed E-state index contributed by atoms with van der Waals surface area (Å²) in [7, 11) is 0. The van der Waals surface area contributed by atoms with E-state index in [0.29, 0.717) is 24.6 Å². The molecule has 0 fully saturated rings. The van der Waals surface area contributed by atoms with E-state index in [1.807, 2.05) is 18.2 Å². The molecule has 154 valence electrons. The van der Waals surface area contributed by atoms with Crippen molar-refractivity contribution < 1.29 is 13.6 Å². The van der Waals surface area contributed by atoms with Crippen LogP contribution in [0.3, 0.4) is 0 Å². The second kappa shape index (κ2) is 7.65. The maximum absolute atomic E-state index is 13.7. The van der Waals surface area contributed by atoms with Gasteiger partial charge in [0.15, 0.2) is 0 Å². The minimum atomic E-state index is -0.647. The molecule has 0 aliphatic carbocycles. The molecule has 3 aliphatic heterocycles. The van der Waals surface area contributed by atoms with Crippen LogP contribution in [0.1, 0.15) is 17.5 Å². The van der Waals surface area contributed by atoms with Crippen LogP contribution in [0.25, 0.3) is 0 Å². The van der Waals surface area contributed by atoms with Crippen LogP contribution in [0.15, 0.2) is 64.8 Å². The van der Waals surface area contributed by atoms with E-state index in [1.165, 1.54) is 17.7 Å². The quantitative estimate of drug-likeness (QED) is 0.780. The third-order valence-corrected chi connectivity index (χ3v) is 5.80. The molecule has 0 spiro atoms. The number of guanidine groups is 1. The summed E-state index contributed by atoms with van der Waals surface area (Å²) in [6, 6.07) is 13.6. The van der Waals surface area contributed by atoms with Gasteiger partial charge in [0.1, 0.15) is 11.6 Å². The Morgan fingerprint density at radius 3 is 2.47 bits per heavy atom. The largest absolute Gasteiger partial charge is 0.314 e. The number of fused-ring (bicyclic) bond motifs is 2. The number of hydrogen-bond donors (Lipinski definition) is 0. The topological polar surface area (TPSA) is 39.2 Å². The first-order valence-corrected chi connectivity index (χ1v) is 10.2. The van der Waals surface area contributed by atoms with E-state index in [-0.39, 0.29) is 12.5 Å². The molecule has 3 aliphatic rings. The molecule has 30 heavy (non-hydrogen) atoms. The molecule has 3 heterocycles. The smallest absolute Gasteiger partial charge is 0.259 e. The minimum absolute atomic E-state index is 0.0955. The predicted octanol–water partition coefficient (Wildman–Crippen LogP) is 3.14. The van der Waals surface area contributed by atoms with Crippen molar-refractivity contribution in [2.45, 2.75) is 19.5 Å². The molecule has 0 unspecified atom stereocenters. The standard InChI is InChI=1S/C23H22F2N4O/c24-18-10-17(11-19(25)12-18)14-29-22(30)20-15-27(13-16-4-2-1-3-5-16)8-6-21(20)28-9-7-26-23(28)29/h1-5,10-12H,6-9,13-15H2. The first-order valence-electron chi connectivity index (χ1n) is 10.2. The first kappa shape index (κ1) is 18.9. The number of hydrogen-bond acceptors (Lipinski definition) is 4. The lowest BCUT2D eigenvalue weighted by molar-refractivity contribution is -0.125. The molecular formula is C23H22F2N4O. The number of nitrogens with zero attached hydrogens (tertiary/aromatic N) is 4. The van der Waals surface area contributed by atoms with E-state index >= 15 is 0 Å². The van der Waals surface area contributed by atoms with Crippen LogP contribution in [0.2, 0.25) is 0 Å². The van der Waals surface area contributed by atoms with Crippen molar-refractivity contribution in [2.24, 2.45) is 4.99 Å². The van der Waals surface area contributed by atoms with Crippen molar-refractivity contribution in [1.82, 2.24) is 14.7 Å². The van der Waals surface area contributed by atoms with Crippen molar-refractivity contribution in [1.29, 1.82) is 0 Å². The van der Waals surface area contributed by atoms with Crippen molar-refractivity contribution in [3.8, 4) is 0 Å². The molecule has 2 aromatic rings. The Hall–Kier alpha value is -3.06. The van der Waals surface area contributed by atoms with Crippen molar-refractivity contribution in [3.63, 3.8) is 0 Å². The van der Waals surface area contributed by atoms with Crippen molar-refractivity contribution in [3.05, 3.63) is 82.6 Å². The third kappa shape index (κ3) is 3.50. The molecule has 5 rings (SSSR count). The lowest BCUT2D eigenvalue weighted by Gasteiger charge is -2.42. The maximum Gasteiger partial charge on any atom is 0.259 e. The molecule has 0 saturated heterocycles. The Morgan fingerprint density at radius 1 is 0.933 bits per heavy atom. The van der Waals surface area contributed by atoms with Gasteiger partial charge in [-0.2, -0.15) is 0 Å². The fourth-order valence-corrected chi connectivity index (χ4v) is 4.48. The Balaban J connectivity index is 1.42. The average Bonchev–Trinajstić information content (AvgIpc) is 3.21. The lowest BCUT2D eigenvalue weighted by atomic mass is 10.00. The molecule has 5 nitrogen and oxygen atoms in total. The van der Waals surface area contributed by atoms with E-state index < -0.39 is 11.6 Å². The fourth-order valence-electron chi connectivity index (χ4n) is 4.48. The summed E-state index contributed by atoms with van der Waals surface area (Å²) < 4.78 is 27.3. The summed E-state index contributed by atoms with van der Waals surface area (Å²) in [4.78, 5) is 23.9. The van der Waals surface area contributed by atoms with Gasteiger partial charge in [0, 0.05) is 44.4 Å². The van der Waals surface area contributed by atoms with Crippen LogP contribution in [-0.4, -0.2) is 52.7 Å². The van der Waals surface area contributed by atoms with Gasteiger partial charge in [-0.15, -0.1) is 0 Å². The van der Waals surface area contributed by atoms with Crippen LogP contribution in [-0.2, 0) is 17.9 Å². The van der Waals surface area contributed by atoms with Crippen LogP contribution < -0.4 is 0 Å². The number of aliphatic imine (C=N–C) groups is 1. The molecule has 0 radical (unpaired) electrons. The number of rotatable bonds is 4. The summed E-state index contributed by atoms with van der Waals surface area (Å²) >= 11 is 0. The highest BCUT2D eigenvalue weighted by atomic mass is 19.1. The molecule has 0 saturated carbocycles. The van der Waals surface area contributed by atoms with Gasteiger partial charge in [-0.1, -0.05) is 30.3 Å². The lowest BCUT2D eigenvalue weighted by Crippen LogP contribution is -2.53. The SMILES string of the molecule is O=C1C2=C(CCN(Cc3ccccc3)C2)N2CCN=C2N1Cc1cc(F)cc(F)c1. The molecule has 0 bridgehead atoms. The Kier molecular flexibility index (Phi) is 4.83. The Morgan fingerprint density at radius 2 is 1.70 bits per heavy atom. The van der Waals surface area contributed by atoms with E-state index in [1.54, 1.807) is 4.90 Å². The Bertz CT molecular complexity index is 1030. The van der Waals surface area contributed by atoms with Gasteiger partial charge in [-0.3, -0.25) is 19.6 Å². The van der Waals surface area contributed by atoms with Gasteiger partial charge < -0.3 is 4.90 Å². The van der Waals surface area contributed by atoms with Gasteiger partial charge in [0.2, 0.25) is 5.96 Å². The monoisotopic (exact) mass is 408 g/mol. The zero-order valence-electron chi connectivity index (χ0n) is 16.5. The predicted molar refractivity (Wildman–Crippen MR) is 109 cm³/mol. The number of carbonyl (C=O) groups is 1. The second-order valence-electron chi connectivity index (χ2n) is 7.87. The highest BCUT2D eigenvalue weighted by molar-refractivity contribution is 6.09. The first-order chi connectivity index (χ1) is 14.6. The van der Waals surface area contributed by atoms with Gasteiger partial charge >= 0.3 is 0 Å². The van der Waals surface area contributed by atoms with Crippen LogP contribution in [0.5, 0.6) is 0 Å². The third-order valence-electron chi connectivity index (χ3n) is 5.80. The van der Waals surface area contributed by atoms with E-state index in [2.05, 4.69) is 26.9 Å². The molecule has 2 aromatic carbocycles. The normalized spacial score (nSPS) is 19.1. The van der Waals surface area contributed by atoms with Gasteiger partial charge in [0.05, 0.1) is 18.7 Å². The summed E-state index contributed by atoms with van der Waals surface area (Å²) in [6.45, 7) is 3.65. The zero-order valence-corrected chi connectivity index (χ0v) is 16.5. The summed E-state index contributed by atoms with van der Waals surface area (Å²) in [5.74, 6) is -0.818. The number of benzene rings is 2. The van der Waals surface area contributed by atoms with Crippen LogP contribution in [0.4, 0.5) is 8.78 Å². The van der Waals surface area contributed by atoms with Crippen molar-refractivity contribution >= 4 is 11.9 Å². The van der Waals surface area contributed by atoms with E-state index in [0.717, 1.165) is 43.4 Å². The number of carbonyl (C=O) groups excluding carboxylic acids is 1. The number of halogens is 2. The Labute approximate surface area is 173 Å². The van der Waals surface area contributed by atoms with E-state index in [9.17, 15) is 13.6 Å². The summed E-state index contributed by atoms with van der Waals surface area (Å²) in [6.07, 6.45) is 0.787. The minimum Gasteiger partial charge on any atom is -0.314 e. The maximum atomic E-state index is 13.7. The summed E-state index contributed by atoms with van der Waals surface area (Å²) in [5, 5.41) is 0. The highest BCUT2D eigenvalue weighted by Crippen LogP contribution is 2.32. The average molecular weight is 408 g/mol. The van der Waals surface area contributed by atoms with Gasteiger partial charge in [-0.25, -0.2) is 8.78 Å². The molecular weight excluding hydrogens is 386 g/mol. The zero-order chi connectivity index (χ0) is 20.7. The highest BCUT2D eigenvalue weighted by Gasteiger charge is 2.40. The van der Waals surface area contributed by atoms with Crippen LogP contribution in [0, 0.1) is 11.6 Å². The second-order valence-corrected chi connectivity index (χ2v) is 7.87. The molecule has 0 N–H and O–H groups in total.